The first kappa shape index (κ1) is 14.0. The molecule has 1 saturated heterocycles. The lowest BCUT2D eigenvalue weighted by molar-refractivity contribution is 0.265. The molecule has 0 saturated carbocycles. The summed E-state index contributed by atoms with van der Waals surface area (Å²) in [5, 5.41) is 5.31. The third kappa shape index (κ3) is 4.07. The Bertz CT molecular complexity index is 353. The van der Waals surface area contributed by atoms with Crippen LogP contribution in [0.2, 0.25) is 0 Å². The van der Waals surface area contributed by atoms with Gasteiger partial charge in [-0.2, -0.15) is 5.10 Å². The zero-order valence-electron chi connectivity index (χ0n) is 11.2. The van der Waals surface area contributed by atoms with Crippen molar-refractivity contribution < 1.29 is 0 Å². The van der Waals surface area contributed by atoms with Gasteiger partial charge in [0, 0.05) is 56.9 Å². The van der Waals surface area contributed by atoms with Crippen molar-refractivity contribution in [3.8, 4) is 0 Å². The van der Waals surface area contributed by atoms with Crippen molar-refractivity contribution in [1.82, 2.24) is 19.6 Å². The number of rotatable bonds is 5. The van der Waals surface area contributed by atoms with Crippen LogP contribution in [0, 0.1) is 0 Å². The molecule has 0 aliphatic carbocycles. The lowest BCUT2D eigenvalue weighted by Crippen LogP contribution is -2.33. The highest BCUT2D eigenvalue weighted by molar-refractivity contribution is 9.09. The van der Waals surface area contributed by atoms with Gasteiger partial charge in [0.15, 0.2) is 0 Å². The molecule has 0 aromatic carbocycles. The summed E-state index contributed by atoms with van der Waals surface area (Å²) in [4.78, 5) is 5.14. The Morgan fingerprint density at radius 2 is 1.89 bits per heavy atom. The van der Waals surface area contributed by atoms with Gasteiger partial charge in [0.25, 0.3) is 0 Å². The van der Waals surface area contributed by atoms with Gasteiger partial charge in [-0.15, -0.1) is 0 Å². The maximum absolute atomic E-state index is 4.22. The van der Waals surface area contributed by atoms with Crippen LogP contribution in [0.1, 0.15) is 12.1 Å². The molecule has 1 fully saturated rings. The van der Waals surface area contributed by atoms with E-state index in [0.29, 0.717) is 0 Å². The van der Waals surface area contributed by atoms with Crippen molar-refractivity contribution in [2.24, 2.45) is 7.05 Å². The molecule has 1 aromatic rings. The fourth-order valence-corrected chi connectivity index (χ4v) is 3.01. The van der Waals surface area contributed by atoms with Crippen molar-refractivity contribution in [1.29, 1.82) is 0 Å². The van der Waals surface area contributed by atoms with Gasteiger partial charge in [-0.05, 0) is 25.6 Å². The van der Waals surface area contributed by atoms with E-state index in [4.69, 9.17) is 0 Å². The second kappa shape index (κ2) is 7.26. The SMILES string of the molecule is Cn1nccc1CCN1CCCN(CCBr)CC1. The summed E-state index contributed by atoms with van der Waals surface area (Å²) in [5.74, 6) is 0. The Labute approximate surface area is 118 Å². The quantitative estimate of drug-likeness (QED) is 0.767. The molecule has 0 unspecified atom stereocenters. The summed E-state index contributed by atoms with van der Waals surface area (Å²) < 4.78 is 1.98. The Morgan fingerprint density at radius 3 is 2.50 bits per heavy atom. The number of alkyl halides is 1. The third-order valence-corrected chi connectivity index (χ3v) is 4.04. The zero-order valence-corrected chi connectivity index (χ0v) is 12.8. The highest BCUT2D eigenvalue weighted by Gasteiger charge is 2.14. The van der Waals surface area contributed by atoms with Crippen molar-refractivity contribution >= 4 is 15.9 Å². The highest BCUT2D eigenvalue weighted by Crippen LogP contribution is 2.06. The van der Waals surface area contributed by atoms with E-state index in [0.717, 1.165) is 18.3 Å². The second-order valence-corrected chi connectivity index (χ2v) is 5.71. The predicted molar refractivity (Wildman–Crippen MR) is 78.2 cm³/mol. The molecule has 0 amide bonds. The largest absolute Gasteiger partial charge is 0.302 e. The molecule has 0 spiro atoms. The van der Waals surface area contributed by atoms with Gasteiger partial charge < -0.3 is 9.80 Å². The molecule has 0 N–H and O–H groups in total. The van der Waals surface area contributed by atoms with Gasteiger partial charge >= 0.3 is 0 Å². The summed E-state index contributed by atoms with van der Waals surface area (Å²) >= 11 is 3.53. The van der Waals surface area contributed by atoms with Gasteiger partial charge in [0.1, 0.15) is 0 Å². The molecule has 5 heteroatoms. The van der Waals surface area contributed by atoms with Gasteiger partial charge in [0.2, 0.25) is 0 Å². The smallest absolute Gasteiger partial charge is 0.0492 e. The van der Waals surface area contributed by atoms with E-state index in [1.54, 1.807) is 0 Å². The monoisotopic (exact) mass is 314 g/mol. The molecule has 4 nitrogen and oxygen atoms in total. The number of hydrogen-bond acceptors (Lipinski definition) is 3. The summed E-state index contributed by atoms with van der Waals surface area (Å²) in [6.07, 6.45) is 4.28. The first-order valence-electron chi connectivity index (χ1n) is 6.77. The molecule has 1 aliphatic rings. The third-order valence-electron chi connectivity index (χ3n) is 3.69. The number of aryl methyl sites for hydroxylation is 1. The summed E-state index contributed by atoms with van der Waals surface area (Å²) in [6.45, 7) is 7.21. The first-order valence-corrected chi connectivity index (χ1v) is 7.89. The highest BCUT2D eigenvalue weighted by atomic mass is 79.9. The minimum absolute atomic E-state index is 1.09. The Morgan fingerprint density at radius 1 is 1.17 bits per heavy atom. The van der Waals surface area contributed by atoms with E-state index in [1.807, 2.05) is 17.9 Å². The van der Waals surface area contributed by atoms with Crippen LogP contribution in [0.4, 0.5) is 0 Å². The molecule has 0 radical (unpaired) electrons. The summed E-state index contributed by atoms with van der Waals surface area (Å²) in [5.41, 5.74) is 1.33. The standard InChI is InChI=1S/C13H23BrN4/c1-16-13(3-6-15-16)4-9-17-7-2-8-18(10-5-14)12-11-17/h3,6H,2,4-5,7-12H2,1H3. The minimum atomic E-state index is 1.09. The molecule has 18 heavy (non-hydrogen) atoms. The summed E-state index contributed by atoms with van der Waals surface area (Å²) in [7, 11) is 2.02. The Kier molecular flexibility index (Phi) is 5.66. The molecule has 2 rings (SSSR count). The summed E-state index contributed by atoms with van der Waals surface area (Å²) in [6, 6.07) is 2.12. The van der Waals surface area contributed by atoms with Crippen LogP contribution in [-0.4, -0.2) is 64.2 Å². The van der Waals surface area contributed by atoms with Crippen molar-refractivity contribution in [2.75, 3.05) is 44.6 Å². The van der Waals surface area contributed by atoms with E-state index in [1.165, 1.54) is 44.8 Å². The van der Waals surface area contributed by atoms with Gasteiger partial charge in [0.05, 0.1) is 0 Å². The van der Waals surface area contributed by atoms with Crippen LogP contribution < -0.4 is 0 Å². The van der Waals surface area contributed by atoms with Crippen LogP contribution in [0.5, 0.6) is 0 Å². The van der Waals surface area contributed by atoms with E-state index in [2.05, 4.69) is 36.9 Å². The van der Waals surface area contributed by atoms with Gasteiger partial charge in [-0.25, -0.2) is 0 Å². The van der Waals surface area contributed by atoms with E-state index >= 15 is 0 Å². The minimum Gasteiger partial charge on any atom is -0.302 e. The number of hydrogen-bond donors (Lipinski definition) is 0. The van der Waals surface area contributed by atoms with Gasteiger partial charge in [-0.1, -0.05) is 15.9 Å². The van der Waals surface area contributed by atoms with Crippen molar-refractivity contribution in [3.05, 3.63) is 18.0 Å². The van der Waals surface area contributed by atoms with Crippen LogP contribution in [0.25, 0.3) is 0 Å². The van der Waals surface area contributed by atoms with Crippen LogP contribution in [0.3, 0.4) is 0 Å². The van der Waals surface area contributed by atoms with E-state index < -0.39 is 0 Å². The lowest BCUT2D eigenvalue weighted by Gasteiger charge is -2.21. The first-order chi connectivity index (χ1) is 8.79. The predicted octanol–water partition coefficient (Wildman–Crippen LogP) is 1.37. The molecule has 1 aromatic heterocycles. The number of nitrogens with zero attached hydrogens (tertiary/aromatic N) is 4. The van der Waals surface area contributed by atoms with E-state index in [9.17, 15) is 0 Å². The lowest BCUT2D eigenvalue weighted by atomic mass is 10.3. The maximum Gasteiger partial charge on any atom is 0.0492 e. The maximum atomic E-state index is 4.22. The van der Waals surface area contributed by atoms with Crippen molar-refractivity contribution in [2.45, 2.75) is 12.8 Å². The molecule has 1 aliphatic heterocycles. The molecule has 0 bridgehead atoms. The average molecular weight is 315 g/mol. The number of aromatic nitrogens is 2. The van der Waals surface area contributed by atoms with Gasteiger partial charge in [-0.3, -0.25) is 4.68 Å². The molecule has 0 atom stereocenters. The zero-order chi connectivity index (χ0) is 12.8. The van der Waals surface area contributed by atoms with E-state index in [-0.39, 0.29) is 0 Å². The normalized spacial score (nSPS) is 19.0. The van der Waals surface area contributed by atoms with Crippen molar-refractivity contribution in [3.63, 3.8) is 0 Å². The van der Waals surface area contributed by atoms with Crippen LogP contribution >= 0.6 is 15.9 Å². The Balaban J connectivity index is 1.75. The number of halogens is 1. The Hall–Kier alpha value is -0.390. The van der Waals surface area contributed by atoms with Crippen LogP contribution in [0.15, 0.2) is 12.3 Å². The topological polar surface area (TPSA) is 24.3 Å². The molecular formula is C13H23BrN4. The fourth-order valence-electron chi connectivity index (χ4n) is 2.51. The van der Waals surface area contributed by atoms with Crippen LogP contribution in [-0.2, 0) is 13.5 Å². The molecule has 102 valence electrons. The molecular weight excluding hydrogens is 292 g/mol. The molecule has 2 heterocycles. The fraction of sp³-hybridized carbons (Fsp3) is 0.769. The second-order valence-electron chi connectivity index (χ2n) is 4.92. The average Bonchev–Trinajstić information content (AvgIpc) is 2.63.